The molecule has 0 aliphatic heterocycles. The zero-order valence-electron chi connectivity index (χ0n) is 21.4. The van der Waals surface area contributed by atoms with Crippen LogP contribution in [0.25, 0.3) is 6.08 Å². The smallest absolute Gasteiger partial charge is 0.266 e. The van der Waals surface area contributed by atoms with Gasteiger partial charge in [0.1, 0.15) is 30.6 Å². The quantitative estimate of drug-likeness (QED) is 0.106. The molecule has 6 nitrogen and oxygen atoms in total. The van der Waals surface area contributed by atoms with Crippen LogP contribution in [0.5, 0.6) is 17.2 Å². The molecule has 0 saturated carbocycles. The standard InChI is InChI=1S/C32H27IN2O4/c1-2-37-31-19-25(10-17-30(31)39-22-24-8-11-27(33)12-9-24)18-26(20-34)32(36)35-28-13-15-29(16-14-28)38-21-23-6-4-3-5-7-23/h3-19H,2,21-22H2,1H3,(H,35,36)/b26-18+. The number of amides is 1. The first-order valence-electron chi connectivity index (χ1n) is 12.4. The van der Waals surface area contributed by atoms with Gasteiger partial charge in [-0.05, 0) is 101 Å². The van der Waals surface area contributed by atoms with Crippen LogP contribution in [-0.4, -0.2) is 12.5 Å². The van der Waals surface area contributed by atoms with Gasteiger partial charge in [-0.2, -0.15) is 5.26 Å². The lowest BCUT2D eigenvalue weighted by atomic mass is 10.1. The highest BCUT2D eigenvalue weighted by atomic mass is 127. The fourth-order valence-electron chi connectivity index (χ4n) is 3.63. The molecule has 1 amide bonds. The highest BCUT2D eigenvalue weighted by Gasteiger charge is 2.12. The number of halogens is 1. The summed E-state index contributed by atoms with van der Waals surface area (Å²) in [5, 5.41) is 12.4. The van der Waals surface area contributed by atoms with Crippen LogP contribution in [0.4, 0.5) is 5.69 Å². The minimum Gasteiger partial charge on any atom is -0.490 e. The molecule has 4 aromatic carbocycles. The van der Waals surface area contributed by atoms with Gasteiger partial charge < -0.3 is 19.5 Å². The number of carbonyl (C=O) groups excluding carboxylic acids is 1. The molecule has 196 valence electrons. The number of hydrogen-bond donors (Lipinski definition) is 1. The lowest BCUT2D eigenvalue weighted by Crippen LogP contribution is -2.13. The second-order valence-corrected chi connectivity index (χ2v) is 9.72. The lowest BCUT2D eigenvalue weighted by Gasteiger charge is -2.13. The number of nitrogens with one attached hydrogen (secondary N) is 1. The Bertz CT molecular complexity index is 1460. The van der Waals surface area contributed by atoms with Crippen LogP contribution >= 0.6 is 22.6 Å². The number of nitriles is 1. The first-order chi connectivity index (χ1) is 19.0. The third-order valence-corrected chi connectivity index (χ3v) is 6.33. The fourth-order valence-corrected chi connectivity index (χ4v) is 3.99. The minimum atomic E-state index is -0.507. The predicted octanol–water partition coefficient (Wildman–Crippen LogP) is 7.39. The van der Waals surface area contributed by atoms with Crippen LogP contribution < -0.4 is 19.5 Å². The molecular weight excluding hydrogens is 603 g/mol. The van der Waals surface area contributed by atoms with E-state index in [4.69, 9.17) is 14.2 Å². The summed E-state index contributed by atoms with van der Waals surface area (Å²) < 4.78 is 18.7. The molecule has 0 unspecified atom stereocenters. The van der Waals surface area contributed by atoms with E-state index in [9.17, 15) is 10.1 Å². The third-order valence-electron chi connectivity index (χ3n) is 5.61. The van der Waals surface area contributed by atoms with Crippen molar-refractivity contribution >= 4 is 40.3 Å². The average molecular weight is 630 g/mol. The minimum absolute atomic E-state index is 0.0330. The second kappa shape index (κ2) is 14.0. The van der Waals surface area contributed by atoms with Gasteiger partial charge in [-0.15, -0.1) is 0 Å². The number of rotatable bonds is 11. The molecule has 4 rings (SSSR count). The summed E-state index contributed by atoms with van der Waals surface area (Å²) in [4.78, 5) is 12.8. The second-order valence-electron chi connectivity index (χ2n) is 8.48. The zero-order valence-corrected chi connectivity index (χ0v) is 23.6. The summed E-state index contributed by atoms with van der Waals surface area (Å²) in [6, 6.07) is 32.3. The van der Waals surface area contributed by atoms with Gasteiger partial charge in [-0.25, -0.2) is 0 Å². The number of ether oxygens (including phenoxy) is 3. The van der Waals surface area contributed by atoms with Crippen molar-refractivity contribution in [2.75, 3.05) is 11.9 Å². The summed E-state index contributed by atoms with van der Waals surface area (Å²) in [5.41, 5.74) is 3.28. The normalized spacial score (nSPS) is 10.8. The Hall–Kier alpha value is -4.29. The van der Waals surface area contributed by atoms with Crippen molar-refractivity contribution in [3.05, 3.63) is 123 Å². The van der Waals surface area contributed by atoms with Crippen molar-refractivity contribution in [1.82, 2.24) is 0 Å². The Morgan fingerprint density at radius 1 is 0.846 bits per heavy atom. The van der Waals surface area contributed by atoms with E-state index in [-0.39, 0.29) is 5.57 Å². The van der Waals surface area contributed by atoms with Gasteiger partial charge in [0.05, 0.1) is 6.61 Å². The van der Waals surface area contributed by atoms with Gasteiger partial charge in [0.15, 0.2) is 11.5 Å². The van der Waals surface area contributed by atoms with E-state index >= 15 is 0 Å². The molecule has 1 N–H and O–H groups in total. The van der Waals surface area contributed by atoms with Gasteiger partial charge in [0.25, 0.3) is 5.91 Å². The number of nitrogens with zero attached hydrogens (tertiary/aromatic N) is 1. The van der Waals surface area contributed by atoms with Crippen LogP contribution in [0, 0.1) is 14.9 Å². The fraction of sp³-hybridized carbons (Fsp3) is 0.125. The molecular formula is C32H27IN2O4. The Morgan fingerprint density at radius 2 is 1.54 bits per heavy atom. The first-order valence-corrected chi connectivity index (χ1v) is 13.5. The van der Waals surface area contributed by atoms with Crippen LogP contribution in [-0.2, 0) is 18.0 Å². The van der Waals surface area contributed by atoms with Gasteiger partial charge in [0, 0.05) is 9.26 Å². The SMILES string of the molecule is CCOc1cc(/C=C(\C#N)C(=O)Nc2ccc(OCc3ccccc3)cc2)ccc1OCc1ccc(I)cc1. The zero-order chi connectivity index (χ0) is 27.5. The van der Waals surface area contributed by atoms with E-state index < -0.39 is 5.91 Å². The van der Waals surface area contributed by atoms with Gasteiger partial charge in [-0.1, -0.05) is 48.5 Å². The van der Waals surface area contributed by atoms with E-state index in [1.165, 1.54) is 6.08 Å². The summed E-state index contributed by atoms with van der Waals surface area (Å²) in [6.45, 7) is 3.18. The maximum atomic E-state index is 12.8. The molecule has 0 heterocycles. The molecule has 0 aliphatic rings. The van der Waals surface area contributed by atoms with E-state index in [1.54, 1.807) is 42.5 Å². The lowest BCUT2D eigenvalue weighted by molar-refractivity contribution is -0.112. The summed E-state index contributed by atoms with van der Waals surface area (Å²) in [5.74, 6) is 1.30. The highest BCUT2D eigenvalue weighted by molar-refractivity contribution is 14.1. The van der Waals surface area contributed by atoms with E-state index in [0.29, 0.717) is 48.3 Å². The molecule has 0 aliphatic carbocycles. The molecule has 0 atom stereocenters. The molecule has 0 radical (unpaired) electrons. The van der Waals surface area contributed by atoms with Crippen molar-refractivity contribution < 1.29 is 19.0 Å². The van der Waals surface area contributed by atoms with Crippen molar-refractivity contribution in [2.24, 2.45) is 0 Å². The van der Waals surface area contributed by atoms with Crippen LogP contribution in [0.15, 0.2) is 103 Å². The van der Waals surface area contributed by atoms with Crippen molar-refractivity contribution in [3.8, 4) is 23.3 Å². The topological polar surface area (TPSA) is 80.6 Å². The van der Waals surface area contributed by atoms with E-state index in [2.05, 4.69) is 27.9 Å². The number of anilines is 1. The molecule has 0 saturated heterocycles. The van der Waals surface area contributed by atoms with Crippen molar-refractivity contribution in [3.63, 3.8) is 0 Å². The van der Waals surface area contributed by atoms with Crippen LogP contribution in [0.1, 0.15) is 23.6 Å². The molecule has 7 heteroatoms. The monoisotopic (exact) mass is 630 g/mol. The molecule has 0 bridgehead atoms. The maximum absolute atomic E-state index is 12.8. The Kier molecular flexibility index (Phi) is 9.98. The Balaban J connectivity index is 1.40. The van der Waals surface area contributed by atoms with Gasteiger partial charge >= 0.3 is 0 Å². The van der Waals surface area contributed by atoms with Crippen molar-refractivity contribution in [1.29, 1.82) is 5.26 Å². The number of benzene rings is 4. The van der Waals surface area contributed by atoms with Gasteiger partial charge in [-0.3, -0.25) is 4.79 Å². The third kappa shape index (κ3) is 8.35. The maximum Gasteiger partial charge on any atom is 0.266 e. The first kappa shape index (κ1) is 27.7. The summed E-state index contributed by atoms with van der Waals surface area (Å²) in [7, 11) is 0. The van der Waals surface area contributed by atoms with Gasteiger partial charge in [0.2, 0.25) is 0 Å². The Morgan fingerprint density at radius 3 is 2.23 bits per heavy atom. The molecule has 39 heavy (non-hydrogen) atoms. The number of hydrogen-bond acceptors (Lipinski definition) is 5. The van der Waals surface area contributed by atoms with Crippen molar-refractivity contribution in [2.45, 2.75) is 20.1 Å². The largest absolute Gasteiger partial charge is 0.490 e. The molecule has 4 aromatic rings. The molecule has 0 aromatic heterocycles. The number of carbonyl (C=O) groups is 1. The highest BCUT2D eigenvalue weighted by Crippen LogP contribution is 2.30. The van der Waals surface area contributed by atoms with Crippen LogP contribution in [0.3, 0.4) is 0 Å². The van der Waals surface area contributed by atoms with E-state index in [1.807, 2.05) is 67.6 Å². The Labute approximate surface area is 242 Å². The summed E-state index contributed by atoms with van der Waals surface area (Å²) >= 11 is 2.26. The molecule has 0 fully saturated rings. The average Bonchev–Trinajstić information content (AvgIpc) is 2.96. The predicted molar refractivity (Wildman–Crippen MR) is 161 cm³/mol. The molecule has 0 spiro atoms. The van der Waals surface area contributed by atoms with E-state index in [0.717, 1.165) is 14.7 Å². The van der Waals surface area contributed by atoms with Crippen LogP contribution in [0.2, 0.25) is 0 Å². The summed E-state index contributed by atoms with van der Waals surface area (Å²) in [6.07, 6.45) is 1.53.